The lowest BCUT2D eigenvalue weighted by molar-refractivity contribution is 1.09. The second-order valence-electron chi connectivity index (χ2n) is 3.74. The summed E-state index contributed by atoms with van der Waals surface area (Å²) in [6.45, 7) is 0. The van der Waals surface area contributed by atoms with Crippen molar-refractivity contribution in [1.29, 1.82) is 0 Å². The summed E-state index contributed by atoms with van der Waals surface area (Å²) in [5.41, 5.74) is 8.91. The number of nitrogen functional groups attached to an aromatic ring is 1. The average molecular weight is 238 g/mol. The van der Waals surface area contributed by atoms with Crippen molar-refractivity contribution in [1.82, 2.24) is 25.1 Å². The van der Waals surface area contributed by atoms with Crippen LogP contribution < -0.4 is 5.73 Å². The van der Waals surface area contributed by atoms with Gasteiger partial charge in [0.25, 0.3) is 0 Å². The number of H-pyrrole nitrogens is 1. The van der Waals surface area contributed by atoms with E-state index in [2.05, 4.69) is 25.1 Å². The van der Waals surface area contributed by atoms with Crippen molar-refractivity contribution in [3.8, 4) is 22.5 Å². The topological polar surface area (TPSA) is 93.4 Å². The van der Waals surface area contributed by atoms with E-state index in [4.69, 9.17) is 5.73 Å². The number of nitrogens with two attached hydrogens (primary N) is 1. The van der Waals surface area contributed by atoms with Gasteiger partial charge in [-0.3, -0.25) is 10.1 Å². The van der Waals surface area contributed by atoms with Crippen molar-refractivity contribution in [3.05, 3.63) is 43.0 Å². The Morgan fingerprint density at radius 1 is 1.06 bits per heavy atom. The van der Waals surface area contributed by atoms with Gasteiger partial charge in [-0.25, -0.2) is 9.97 Å². The van der Waals surface area contributed by atoms with Crippen LogP contribution in [0.25, 0.3) is 22.5 Å². The Balaban J connectivity index is 1.97. The van der Waals surface area contributed by atoms with Crippen molar-refractivity contribution >= 4 is 5.95 Å². The molecule has 0 aliphatic carbocycles. The first-order chi connectivity index (χ1) is 8.83. The molecule has 0 aromatic carbocycles. The van der Waals surface area contributed by atoms with Gasteiger partial charge < -0.3 is 5.73 Å². The van der Waals surface area contributed by atoms with Crippen molar-refractivity contribution in [2.24, 2.45) is 0 Å². The maximum Gasteiger partial charge on any atom is 0.219 e. The van der Waals surface area contributed by atoms with Gasteiger partial charge in [-0.1, -0.05) is 0 Å². The summed E-state index contributed by atoms with van der Waals surface area (Å²) in [6.07, 6.45) is 6.79. The molecule has 3 aromatic heterocycles. The van der Waals surface area contributed by atoms with Gasteiger partial charge in [0.05, 0.1) is 11.4 Å². The van der Waals surface area contributed by atoms with Crippen molar-refractivity contribution in [2.75, 3.05) is 5.73 Å². The van der Waals surface area contributed by atoms with Gasteiger partial charge in [0.2, 0.25) is 5.95 Å². The Morgan fingerprint density at radius 2 is 1.89 bits per heavy atom. The average Bonchev–Trinajstić information content (AvgIpc) is 2.90. The molecule has 88 valence electrons. The van der Waals surface area contributed by atoms with E-state index < -0.39 is 0 Å². The molecule has 0 fully saturated rings. The molecule has 0 amide bonds. The first-order valence-electron chi connectivity index (χ1n) is 5.36. The van der Waals surface area contributed by atoms with Gasteiger partial charge in [0.1, 0.15) is 0 Å². The smallest absolute Gasteiger partial charge is 0.219 e. The first kappa shape index (κ1) is 10.4. The SMILES string of the molecule is Nc1ncc(-c2cc(-c3cccnc3)[nH]n2)cn1. The fourth-order valence-electron chi connectivity index (χ4n) is 1.61. The molecule has 18 heavy (non-hydrogen) atoms. The molecule has 0 radical (unpaired) electrons. The van der Waals surface area contributed by atoms with Crippen LogP contribution in [0, 0.1) is 0 Å². The summed E-state index contributed by atoms with van der Waals surface area (Å²) in [5.74, 6) is 0.252. The number of pyridine rings is 1. The van der Waals surface area contributed by atoms with Crippen LogP contribution in [0.1, 0.15) is 0 Å². The molecule has 0 aliphatic rings. The molecule has 0 aliphatic heterocycles. The molecule has 3 rings (SSSR count). The second kappa shape index (κ2) is 4.25. The van der Waals surface area contributed by atoms with Gasteiger partial charge in [0, 0.05) is 35.9 Å². The number of nitrogens with one attached hydrogen (secondary N) is 1. The third-order valence-corrected chi connectivity index (χ3v) is 2.52. The highest BCUT2D eigenvalue weighted by molar-refractivity contribution is 5.66. The van der Waals surface area contributed by atoms with Crippen molar-refractivity contribution in [3.63, 3.8) is 0 Å². The predicted molar refractivity (Wildman–Crippen MR) is 67.3 cm³/mol. The van der Waals surface area contributed by atoms with Crippen LogP contribution in [-0.4, -0.2) is 25.1 Å². The summed E-state index contributed by atoms with van der Waals surface area (Å²) in [7, 11) is 0. The highest BCUT2D eigenvalue weighted by Gasteiger charge is 2.06. The molecule has 0 spiro atoms. The molecule has 3 N–H and O–H groups in total. The quantitative estimate of drug-likeness (QED) is 0.705. The van der Waals surface area contributed by atoms with E-state index in [0.717, 1.165) is 22.5 Å². The molecule has 6 nitrogen and oxygen atoms in total. The zero-order chi connectivity index (χ0) is 12.4. The molecule has 0 unspecified atom stereocenters. The normalized spacial score (nSPS) is 10.4. The Kier molecular flexibility index (Phi) is 2.45. The van der Waals surface area contributed by atoms with Crippen LogP contribution in [0.5, 0.6) is 0 Å². The maximum absolute atomic E-state index is 5.44. The first-order valence-corrected chi connectivity index (χ1v) is 5.36. The second-order valence-corrected chi connectivity index (χ2v) is 3.74. The van der Waals surface area contributed by atoms with Gasteiger partial charge in [-0.2, -0.15) is 5.10 Å². The molecule has 0 bridgehead atoms. The minimum absolute atomic E-state index is 0.252. The molecule has 6 heteroatoms. The highest BCUT2D eigenvalue weighted by atomic mass is 15.1. The fraction of sp³-hybridized carbons (Fsp3) is 0. The Bertz CT molecular complexity index is 644. The fourth-order valence-corrected chi connectivity index (χ4v) is 1.61. The Labute approximate surface area is 103 Å². The number of hydrogen-bond acceptors (Lipinski definition) is 5. The number of rotatable bonds is 2. The Hall–Kier alpha value is -2.76. The minimum atomic E-state index is 0.252. The molecular weight excluding hydrogens is 228 g/mol. The standard InChI is InChI=1S/C12H10N6/c13-12-15-6-9(7-16-12)11-4-10(17-18-11)8-2-1-3-14-5-8/h1-7H,(H,17,18)(H2,13,15,16). The Morgan fingerprint density at radius 3 is 2.61 bits per heavy atom. The number of anilines is 1. The summed E-state index contributed by atoms with van der Waals surface area (Å²) in [4.78, 5) is 11.9. The van der Waals surface area contributed by atoms with E-state index >= 15 is 0 Å². The number of hydrogen-bond donors (Lipinski definition) is 2. The molecule has 3 aromatic rings. The summed E-state index contributed by atoms with van der Waals surface area (Å²) in [5, 5.41) is 7.18. The lowest BCUT2D eigenvalue weighted by atomic mass is 10.2. The molecular formula is C12H10N6. The lowest BCUT2D eigenvalue weighted by Gasteiger charge is -1.95. The lowest BCUT2D eigenvalue weighted by Crippen LogP contribution is -1.93. The van der Waals surface area contributed by atoms with Gasteiger partial charge in [-0.15, -0.1) is 0 Å². The number of aromatic amines is 1. The number of nitrogens with zero attached hydrogens (tertiary/aromatic N) is 4. The van der Waals surface area contributed by atoms with Crippen LogP contribution in [0.3, 0.4) is 0 Å². The third-order valence-electron chi connectivity index (χ3n) is 2.52. The molecule has 0 saturated carbocycles. The molecule has 3 heterocycles. The van der Waals surface area contributed by atoms with Crippen LogP contribution >= 0.6 is 0 Å². The zero-order valence-electron chi connectivity index (χ0n) is 9.41. The van der Waals surface area contributed by atoms with Crippen molar-refractivity contribution < 1.29 is 0 Å². The highest BCUT2D eigenvalue weighted by Crippen LogP contribution is 2.22. The molecule has 0 saturated heterocycles. The third kappa shape index (κ3) is 1.91. The van der Waals surface area contributed by atoms with Gasteiger partial charge >= 0.3 is 0 Å². The molecule has 0 atom stereocenters. The van der Waals surface area contributed by atoms with Crippen LogP contribution in [0.4, 0.5) is 5.95 Å². The number of aromatic nitrogens is 5. The van der Waals surface area contributed by atoms with Gasteiger partial charge in [-0.05, 0) is 18.2 Å². The predicted octanol–water partition coefficient (Wildman–Crippen LogP) is 1.51. The minimum Gasteiger partial charge on any atom is -0.368 e. The summed E-state index contributed by atoms with van der Waals surface area (Å²) in [6, 6.07) is 5.76. The maximum atomic E-state index is 5.44. The van der Waals surface area contributed by atoms with E-state index in [0.29, 0.717) is 0 Å². The van der Waals surface area contributed by atoms with Crippen LogP contribution in [0.15, 0.2) is 43.0 Å². The van der Waals surface area contributed by atoms with E-state index in [1.807, 2.05) is 18.2 Å². The van der Waals surface area contributed by atoms with E-state index in [-0.39, 0.29) is 5.95 Å². The van der Waals surface area contributed by atoms with Crippen molar-refractivity contribution in [2.45, 2.75) is 0 Å². The monoisotopic (exact) mass is 238 g/mol. The van der Waals surface area contributed by atoms with E-state index in [1.165, 1.54) is 0 Å². The zero-order valence-corrected chi connectivity index (χ0v) is 9.41. The van der Waals surface area contributed by atoms with E-state index in [9.17, 15) is 0 Å². The van der Waals surface area contributed by atoms with E-state index in [1.54, 1.807) is 24.8 Å². The largest absolute Gasteiger partial charge is 0.368 e. The van der Waals surface area contributed by atoms with Crippen LogP contribution in [-0.2, 0) is 0 Å². The summed E-state index contributed by atoms with van der Waals surface area (Å²) >= 11 is 0. The van der Waals surface area contributed by atoms with Gasteiger partial charge in [0.15, 0.2) is 0 Å². The van der Waals surface area contributed by atoms with Crippen LogP contribution in [0.2, 0.25) is 0 Å². The summed E-state index contributed by atoms with van der Waals surface area (Å²) < 4.78 is 0.